The molecule has 0 amide bonds. The third-order valence-corrected chi connectivity index (χ3v) is 7.92. The van der Waals surface area contributed by atoms with Crippen LogP contribution in [0.25, 0.3) is 11.1 Å². The van der Waals surface area contributed by atoms with Crippen molar-refractivity contribution >= 4 is 34.7 Å². The molecule has 1 aliphatic heterocycles. The Morgan fingerprint density at radius 2 is 1.84 bits per heavy atom. The number of hydrogen-bond donors (Lipinski definition) is 3. The highest BCUT2D eigenvalue weighted by Gasteiger charge is 2.32. The first-order valence-electron chi connectivity index (χ1n) is 13.0. The molecule has 0 aromatic carbocycles. The Morgan fingerprint density at radius 1 is 1.11 bits per heavy atom. The predicted molar refractivity (Wildman–Crippen MR) is 148 cm³/mol. The molecule has 0 spiro atoms. The number of nitrogens with zero attached hydrogens (tertiary/aromatic N) is 3. The normalized spacial score (nSPS) is 22.1. The molecule has 3 N–H and O–H groups in total. The summed E-state index contributed by atoms with van der Waals surface area (Å²) in [7, 11) is 1.74. The van der Waals surface area contributed by atoms with E-state index in [-0.39, 0.29) is 0 Å². The first-order chi connectivity index (χ1) is 17.9. The highest BCUT2D eigenvalue weighted by Crippen LogP contribution is 2.36. The number of pyridine rings is 2. The van der Waals surface area contributed by atoms with Crippen LogP contribution >= 0.6 is 23.2 Å². The first-order valence-corrected chi connectivity index (χ1v) is 13.7. The lowest BCUT2D eigenvalue weighted by Crippen LogP contribution is -2.42. The van der Waals surface area contributed by atoms with Gasteiger partial charge in [0.05, 0.1) is 35.0 Å². The second kappa shape index (κ2) is 13.1. The Hall–Kier alpha value is -2.15. The maximum atomic E-state index is 9.75. The molecule has 0 radical (unpaired) electrons. The number of rotatable bonds is 10. The Balaban J connectivity index is 1.41. The monoisotopic (exact) mass is 546 g/mol. The summed E-state index contributed by atoms with van der Waals surface area (Å²) in [5.41, 5.74) is 1.83. The second-order valence-corrected chi connectivity index (χ2v) is 11.0. The van der Waals surface area contributed by atoms with Crippen LogP contribution in [0.3, 0.4) is 0 Å². The maximum Gasteiger partial charge on any atom is 0.137 e. The van der Waals surface area contributed by atoms with Crippen LogP contribution in [-0.2, 0) is 9.47 Å². The van der Waals surface area contributed by atoms with Crippen molar-refractivity contribution in [2.24, 2.45) is 5.41 Å². The molecular weight excluding hydrogens is 511 g/mol. The second-order valence-electron chi connectivity index (χ2n) is 10.2. The number of halogens is 2. The SMILES string of the molecule is COCC(C)NC1CCC(Nc2cc(-c3cc(NCC4(C#N)CCOCC4)cnc3Cl)c(Cl)cn2)CC1. The van der Waals surface area contributed by atoms with Gasteiger partial charge in [0.15, 0.2) is 0 Å². The van der Waals surface area contributed by atoms with Crippen molar-refractivity contribution in [3.63, 3.8) is 0 Å². The summed E-state index contributed by atoms with van der Waals surface area (Å²) in [6.45, 7) is 4.61. The molecule has 10 heteroatoms. The number of aromatic nitrogens is 2. The molecule has 2 aromatic rings. The van der Waals surface area contributed by atoms with Gasteiger partial charge in [0.1, 0.15) is 11.0 Å². The molecule has 2 aromatic heterocycles. The molecule has 8 nitrogen and oxygen atoms in total. The van der Waals surface area contributed by atoms with Crippen molar-refractivity contribution in [2.75, 3.05) is 44.1 Å². The lowest BCUT2D eigenvalue weighted by atomic mass is 9.81. The van der Waals surface area contributed by atoms with Crippen LogP contribution in [0.15, 0.2) is 24.5 Å². The number of anilines is 2. The summed E-state index contributed by atoms with van der Waals surface area (Å²) in [4.78, 5) is 8.90. The van der Waals surface area contributed by atoms with Crippen molar-refractivity contribution in [3.8, 4) is 17.2 Å². The van der Waals surface area contributed by atoms with E-state index in [2.05, 4.69) is 38.9 Å². The Bertz CT molecular complexity index is 1080. The molecule has 1 saturated carbocycles. The van der Waals surface area contributed by atoms with Gasteiger partial charge in [-0.2, -0.15) is 5.26 Å². The molecule has 1 aliphatic carbocycles. The quantitative estimate of drug-likeness (QED) is 0.334. The van der Waals surface area contributed by atoms with Gasteiger partial charge in [-0.15, -0.1) is 0 Å². The lowest BCUT2D eigenvalue weighted by molar-refractivity contribution is 0.0456. The third kappa shape index (κ3) is 7.46. The molecule has 0 bridgehead atoms. The largest absolute Gasteiger partial charge is 0.383 e. The fraction of sp³-hybridized carbons (Fsp3) is 0.593. The van der Waals surface area contributed by atoms with Crippen molar-refractivity contribution in [1.82, 2.24) is 15.3 Å². The number of nitrogens with one attached hydrogen (secondary N) is 3. The van der Waals surface area contributed by atoms with Crippen LogP contribution in [0.2, 0.25) is 10.2 Å². The summed E-state index contributed by atoms with van der Waals surface area (Å²) in [6.07, 6.45) is 9.08. The van der Waals surface area contributed by atoms with Crippen molar-refractivity contribution in [2.45, 2.75) is 63.6 Å². The average molecular weight is 548 g/mol. The van der Waals surface area contributed by atoms with E-state index >= 15 is 0 Å². The van der Waals surface area contributed by atoms with E-state index in [1.807, 2.05) is 12.1 Å². The van der Waals surface area contributed by atoms with E-state index in [0.29, 0.717) is 60.9 Å². The summed E-state index contributed by atoms with van der Waals surface area (Å²) in [5.74, 6) is 0.767. The molecule has 200 valence electrons. The van der Waals surface area contributed by atoms with E-state index in [9.17, 15) is 5.26 Å². The topological polar surface area (TPSA) is 104 Å². The van der Waals surface area contributed by atoms with Gasteiger partial charge in [-0.25, -0.2) is 9.97 Å². The smallest absolute Gasteiger partial charge is 0.137 e. The number of hydrogen-bond acceptors (Lipinski definition) is 8. The highest BCUT2D eigenvalue weighted by atomic mass is 35.5. The molecule has 1 saturated heterocycles. The van der Waals surface area contributed by atoms with E-state index in [0.717, 1.165) is 54.9 Å². The standard InChI is InChI=1S/C27H36Cl2N6O2/c1-18(15-36-2)34-19-3-5-20(6-4-19)35-25-12-22(24(28)14-31-25)23-11-21(13-32-26(23)29)33-17-27(16-30)7-9-37-10-8-27/h11-14,18-20,33-34H,3-10,15,17H2,1-2H3,(H,31,35). The summed E-state index contributed by atoms with van der Waals surface area (Å²) < 4.78 is 10.7. The first kappa shape index (κ1) is 27.9. The molecular formula is C27H36Cl2N6O2. The molecule has 4 rings (SSSR count). The molecule has 1 unspecified atom stereocenters. The Kier molecular flexibility index (Phi) is 9.85. The average Bonchev–Trinajstić information content (AvgIpc) is 2.91. The zero-order valence-electron chi connectivity index (χ0n) is 21.5. The van der Waals surface area contributed by atoms with Crippen molar-refractivity contribution in [1.29, 1.82) is 5.26 Å². The summed E-state index contributed by atoms with van der Waals surface area (Å²) >= 11 is 13.1. The van der Waals surface area contributed by atoms with Gasteiger partial charge in [-0.05, 0) is 57.6 Å². The van der Waals surface area contributed by atoms with Gasteiger partial charge < -0.3 is 25.4 Å². The third-order valence-electron chi connectivity index (χ3n) is 7.32. The van der Waals surface area contributed by atoms with Crippen molar-refractivity contribution in [3.05, 3.63) is 34.7 Å². The zero-order chi connectivity index (χ0) is 26.3. The molecule has 1 atom stereocenters. The van der Waals surface area contributed by atoms with Gasteiger partial charge in [0.25, 0.3) is 0 Å². The van der Waals surface area contributed by atoms with Gasteiger partial charge in [-0.3, -0.25) is 0 Å². The summed E-state index contributed by atoms with van der Waals surface area (Å²) in [6, 6.07) is 7.57. The van der Waals surface area contributed by atoms with Crippen LogP contribution in [0.1, 0.15) is 45.4 Å². The van der Waals surface area contributed by atoms with Crippen LogP contribution in [-0.4, -0.2) is 61.6 Å². The minimum atomic E-state index is -0.445. The minimum absolute atomic E-state index is 0.348. The van der Waals surface area contributed by atoms with Crippen LogP contribution in [0, 0.1) is 16.7 Å². The van der Waals surface area contributed by atoms with Gasteiger partial charge >= 0.3 is 0 Å². The molecule has 2 aliphatic rings. The van der Waals surface area contributed by atoms with E-state index in [1.54, 1.807) is 19.5 Å². The highest BCUT2D eigenvalue weighted by molar-refractivity contribution is 6.36. The van der Waals surface area contributed by atoms with Crippen LogP contribution < -0.4 is 16.0 Å². The minimum Gasteiger partial charge on any atom is -0.383 e. The number of methoxy groups -OCH3 is 1. The van der Waals surface area contributed by atoms with Crippen LogP contribution in [0.4, 0.5) is 11.5 Å². The Labute approximate surface area is 229 Å². The predicted octanol–water partition coefficient (Wildman–Crippen LogP) is 5.53. The molecule has 37 heavy (non-hydrogen) atoms. The van der Waals surface area contributed by atoms with Crippen LogP contribution in [0.5, 0.6) is 0 Å². The maximum absolute atomic E-state index is 9.75. The number of nitriles is 1. The summed E-state index contributed by atoms with van der Waals surface area (Å²) in [5, 5.41) is 21.2. The van der Waals surface area contributed by atoms with E-state index in [4.69, 9.17) is 32.7 Å². The molecule has 3 heterocycles. The number of ether oxygens (including phenoxy) is 2. The Morgan fingerprint density at radius 3 is 2.54 bits per heavy atom. The van der Waals surface area contributed by atoms with Gasteiger partial charge in [0, 0.05) is 62.3 Å². The molecule has 2 fully saturated rings. The van der Waals surface area contributed by atoms with E-state index < -0.39 is 5.41 Å². The van der Waals surface area contributed by atoms with Gasteiger partial charge in [0.2, 0.25) is 0 Å². The van der Waals surface area contributed by atoms with Crippen molar-refractivity contribution < 1.29 is 9.47 Å². The fourth-order valence-electron chi connectivity index (χ4n) is 5.13. The van der Waals surface area contributed by atoms with E-state index in [1.165, 1.54) is 0 Å². The van der Waals surface area contributed by atoms with Gasteiger partial charge in [-0.1, -0.05) is 23.2 Å². The fourth-order valence-corrected chi connectivity index (χ4v) is 5.54. The lowest BCUT2D eigenvalue weighted by Gasteiger charge is -2.32. The zero-order valence-corrected chi connectivity index (χ0v) is 23.0.